The molecule has 3 radical (unpaired) electrons. The Morgan fingerprint density at radius 3 is 2.24 bits per heavy atom. The van der Waals surface area contributed by atoms with Gasteiger partial charge in [-0.15, -0.1) is 12.1 Å². The summed E-state index contributed by atoms with van der Waals surface area (Å²) >= 11 is 0. The maximum atomic E-state index is 12.9. The molecule has 0 amide bonds. The van der Waals surface area contributed by atoms with Crippen LogP contribution in [0.2, 0.25) is 0 Å². The van der Waals surface area contributed by atoms with E-state index in [1.54, 1.807) is 6.07 Å². The first-order valence-electron chi connectivity index (χ1n) is 10.6. The standard InChI is InChI=1S/C20H18BN4O.2C2H6.CH4.CH3.H2S.Y/c1-11(2)18(21)25-17-12-7-3-4-8-13(12)24-20(26)16(17)19-22-14-9-5-6-10-15(14)23-19;2*1-2;;;;/h3-5,7-11,18H,1-2H3,(H,22,23)(H2,24,25,26);2*1-2H3;1H4;1H3;1H2;/q-1;;;;-1;;. The second-order valence-electron chi connectivity index (χ2n) is 6.69. The molecule has 4 aromatic rings. The Morgan fingerprint density at radius 2 is 1.65 bits per heavy atom. The van der Waals surface area contributed by atoms with Gasteiger partial charge in [0.15, 0.2) is 0 Å². The average Bonchev–Trinajstić information content (AvgIpc) is 3.20. The second kappa shape index (κ2) is 17.8. The summed E-state index contributed by atoms with van der Waals surface area (Å²) in [6, 6.07) is 16.1. The molecule has 0 saturated heterocycles. The number of aromatic nitrogens is 3. The number of imidazole rings is 1. The summed E-state index contributed by atoms with van der Waals surface area (Å²) in [5.74, 6) is 0.410. The number of anilines is 1. The van der Waals surface area contributed by atoms with E-state index in [0.29, 0.717) is 17.1 Å². The summed E-state index contributed by atoms with van der Waals surface area (Å²) in [4.78, 5) is 23.6. The molecule has 1 unspecified atom stereocenters. The Hall–Kier alpha value is -1.56. The van der Waals surface area contributed by atoms with Gasteiger partial charge in [0.1, 0.15) is 11.4 Å². The summed E-state index contributed by atoms with van der Waals surface area (Å²) in [5.41, 5.74) is 3.29. The topological polar surface area (TPSA) is 73.6 Å². The van der Waals surface area contributed by atoms with Crippen LogP contribution >= 0.6 is 13.5 Å². The van der Waals surface area contributed by atoms with E-state index in [1.165, 1.54) is 0 Å². The number of aromatic amines is 2. The molecule has 0 bridgehead atoms. The predicted octanol–water partition coefficient (Wildman–Crippen LogP) is 6.68. The molecule has 183 valence electrons. The van der Waals surface area contributed by atoms with Crippen LogP contribution in [0.4, 0.5) is 5.69 Å². The molecule has 2 aromatic carbocycles. The second-order valence-corrected chi connectivity index (χ2v) is 6.69. The zero-order valence-electron chi connectivity index (χ0n) is 20.7. The largest absolute Gasteiger partial charge is 0.390 e. The number of benzene rings is 2. The Balaban J connectivity index is -0.00000114. The van der Waals surface area contributed by atoms with Crippen molar-refractivity contribution in [1.82, 2.24) is 15.0 Å². The van der Waals surface area contributed by atoms with Crippen LogP contribution in [0.1, 0.15) is 49.0 Å². The van der Waals surface area contributed by atoms with E-state index in [1.807, 2.05) is 77.9 Å². The van der Waals surface area contributed by atoms with Gasteiger partial charge in [-0.25, -0.2) is 0 Å². The number of H-pyrrole nitrogens is 2. The first-order valence-corrected chi connectivity index (χ1v) is 10.6. The maximum Gasteiger partial charge on any atom is 0.261 e. The molecule has 5 nitrogen and oxygen atoms in total. The Kier molecular flexibility index (Phi) is 19.4. The molecule has 0 spiro atoms. The number of hydrogen-bond acceptors (Lipinski definition) is 3. The first-order chi connectivity index (χ1) is 14.5. The van der Waals surface area contributed by atoms with Gasteiger partial charge in [-0.3, -0.25) is 9.78 Å². The molecule has 0 saturated carbocycles. The number of rotatable bonds is 4. The summed E-state index contributed by atoms with van der Waals surface area (Å²) in [7, 11) is 6.25. The van der Waals surface area contributed by atoms with E-state index in [4.69, 9.17) is 7.85 Å². The first kappa shape index (κ1) is 37.0. The van der Waals surface area contributed by atoms with Crippen molar-refractivity contribution >= 4 is 49.0 Å². The van der Waals surface area contributed by atoms with E-state index in [0.717, 1.165) is 21.9 Å². The molecule has 0 fully saturated rings. The van der Waals surface area contributed by atoms with E-state index in [9.17, 15) is 4.79 Å². The number of nitrogens with one attached hydrogen (secondary N) is 3. The van der Waals surface area contributed by atoms with E-state index in [2.05, 4.69) is 26.3 Å². The van der Waals surface area contributed by atoms with Crippen LogP contribution in [0, 0.1) is 19.4 Å². The minimum Gasteiger partial charge on any atom is -0.390 e. The average molecular weight is 555 g/mol. The van der Waals surface area contributed by atoms with Crippen LogP contribution in [-0.4, -0.2) is 28.7 Å². The van der Waals surface area contributed by atoms with Crippen LogP contribution in [-0.2, 0) is 32.7 Å². The predicted molar refractivity (Wildman–Crippen MR) is 153 cm³/mol. The Labute approximate surface area is 239 Å². The molecule has 4 rings (SSSR count). The fraction of sp³-hybridized carbons (Fsp3) is 0.346. The summed E-state index contributed by atoms with van der Waals surface area (Å²) in [6.45, 7) is 12.1. The molecular formula is C26H39BN4OSY-2. The summed E-state index contributed by atoms with van der Waals surface area (Å²) in [6.07, 6.45) is 0. The van der Waals surface area contributed by atoms with Crippen LogP contribution in [0.15, 0.2) is 47.3 Å². The van der Waals surface area contributed by atoms with Crippen molar-refractivity contribution in [2.24, 2.45) is 5.92 Å². The molecule has 34 heavy (non-hydrogen) atoms. The number of nitrogens with zero attached hydrogens (tertiary/aromatic N) is 1. The molecular weight excluding hydrogens is 516 g/mol. The van der Waals surface area contributed by atoms with E-state index in [-0.39, 0.29) is 78.5 Å². The van der Waals surface area contributed by atoms with Gasteiger partial charge in [0.2, 0.25) is 0 Å². The fourth-order valence-electron chi connectivity index (χ4n) is 2.97. The monoisotopic (exact) mass is 555 g/mol. The zero-order valence-corrected chi connectivity index (χ0v) is 24.5. The van der Waals surface area contributed by atoms with Gasteiger partial charge in [0, 0.05) is 38.1 Å². The molecule has 2 aromatic heterocycles. The minimum atomic E-state index is -0.295. The SMILES string of the molecule is C.CC.CC.S.[B]C(Nc1c(-c2nc3c[c-]ccc3[nH]2)c(=O)[nH]c2ccccc12)C(C)C.[CH3-].[Y]. The molecule has 1 atom stereocenters. The molecule has 8 heteroatoms. The van der Waals surface area contributed by atoms with Crippen LogP contribution < -0.4 is 10.9 Å². The summed E-state index contributed by atoms with van der Waals surface area (Å²) < 4.78 is 0. The van der Waals surface area contributed by atoms with Crippen LogP contribution in [0.25, 0.3) is 33.3 Å². The number of pyridine rings is 1. The fourth-order valence-corrected chi connectivity index (χ4v) is 2.97. The normalized spacial score (nSPS) is 10.1. The minimum absolute atomic E-state index is 0. The van der Waals surface area contributed by atoms with Crippen molar-refractivity contribution in [2.75, 3.05) is 5.32 Å². The zero-order chi connectivity index (χ0) is 22.3. The number of para-hydroxylation sites is 1. The van der Waals surface area contributed by atoms with Crippen molar-refractivity contribution in [3.8, 4) is 11.4 Å². The molecule has 0 aliphatic rings. The molecule has 2 heterocycles. The van der Waals surface area contributed by atoms with Crippen molar-refractivity contribution in [3.05, 3.63) is 66.3 Å². The quantitative estimate of drug-likeness (QED) is 0.194. The van der Waals surface area contributed by atoms with Crippen molar-refractivity contribution < 1.29 is 32.7 Å². The van der Waals surface area contributed by atoms with Gasteiger partial charge in [0.25, 0.3) is 5.56 Å². The molecule has 0 aliphatic heterocycles. The third-order valence-electron chi connectivity index (χ3n) is 4.52. The number of fused-ring (bicyclic) bond motifs is 2. The van der Waals surface area contributed by atoms with E-state index < -0.39 is 0 Å². The van der Waals surface area contributed by atoms with Gasteiger partial charge >= 0.3 is 0 Å². The third-order valence-corrected chi connectivity index (χ3v) is 4.52. The van der Waals surface area contributed by atoms with E-state index >= 15 is 0 Å². The van der Waals surface area contributed by atoms with Gasteiger partial charge in [-0.1, -0.05) is 67.2 Å². The van der Waals surface area contributed by atoms with Gasteiger partial charge < -0.3 is 22.7 Å². The van der Waals surface area contributed by atoms with Crippen LogP contribution in [0.3, 0.4) is 0 Å². The molecule has 3 N–H and O–H groups in total. The number of hydrogen-bond donors (Lipinski definition) is 3. The van der Waals surface area contributed by atoms with Crippen molar-refractivity contribution in [1.29, 1.82) is 0 Å². The van der Waals surface area contributed by atoms with Crippen LogP contribution in [0.5, 0.6) is 0 Å². The smallest absolute Gasteiger partial charge is 0.261 e. The van der Waals surface area contributed by atoms with Gasteiger partial charge in [0.05, 0.1) is 19.1 Å². The van der Waals surface area contributed by atoms with Crippen molar-refractivity contribution in [3.63, 3.8) is 0 Å². The van der Waals surface area contributed by atoms with Crippen molar-refractivity contribution in [2.45, 2.75) is 54.9 Å². The molecule has 0 aliphatic carbocycles. The van der Waals surface area contributed by atoms with Gasteiger partial charge in [-0.05, 0) is 29.0 Å². The Bertz CT molecular complexity index is 1130. The maximum absolute atomic E-state index is 12.9. The summed E-state index contributed by atoms with van der Waals surface area (Å²) in [5, 5.41) is 4.22. The third kappa shape index (κ3) is 8.28. The van der Waals surface area contributed by atoms with Gasteiger partial charge in [-0.2, -0.15) is 25.6 Å². The Morgan fingerprint density at radius 1 is 1.03 bits per heavy atom.